The number of hydrogen-bond donors (Lipinski definition) is 0. The summed E-state index contributed by atoms with van der Waals surface area (Å²) in [5.41, 5.74) is 2.67. The van der Waals surface area contributed by atoms with E-state index in [0.29, 0.717) is 28.1 Å². The Hall–Kier alpha value is -3.58. The molecule has 1 saturated heterocycles. The smallest absolute Gasteiger partial charge is 0.267 e. The van der Waals surface area contributed by atoms with Crippen molar-refractivity contribution < 1.29 is 14.3 Å². The molecule has 0 spiro atoms. The fraction of sp³-hybridized carbons (Fsp3) is 0.0870. The zero-order valence-corrected chi connectivity index (χ0v) is 16.7. The van der Waals surface area contributed by atoms with Crippen LogP contribution in [-0.4, -0.2) is 27.8 Å². The molecule has 7 heteroatoms. The van der Waals surface area contributed by atoms with Crippen LogP contribution in [0.1, 0.15) is 11.1 Å². The van der Waals surface area contributed by atoms with Gasteiger partial charge < -0.3 is 9.47 Å². The van der Waals surface area contributed by atoms with E-state index in [-0.39, 0.29) is 12.7 Å². The van der Waals surface area contributed by atoms with E-state index in [1.807, 2.05) is 66.7 Å². The number of carbonyl (C=O) groups excluding carboxylic acids is 1. The molecule has 6 nitrogen and oxygen atoms in total. The van der Waals surface area contributed by atoms with Crippen LogP contribution in [0.4, 0.5) is 5.69 Å². The maximum atomic E-state index is 13.2. The van der Waals surface area contributed by atoms with Crippen LogP contribution >= 0.6 is 11.8 Å². The fourth-order valence-corrected chi connectivity index (χ4v) is 4.17. The molecule has 30 heavy (non-hydrogen) atoms. The highest BCUT2D eigenvalue weighted by molar-refractivity contribution is 8.18. The molecule has 0 atom stereocenters. The zero-order valence-electron chi connectivity index (χ0n) is 15.9. The second-order valence-electron chi connectivity index (χ2n) is 6.70. The summed E-state index contributed by atoms with van der Waals surface area (Å²) in [4.78, 5) is 24.3. The predicted octanol–water partition coefficient (Wildman–Crippen LogP) is 4.61. The maximum absolute atomic E-state index is 13.2. The summed E-state index contributed by atoms with van der Waals surface area (Å²) < 4.78 is 10.8. The Morgan fingerprint density at radius 2 is 1.83 bits per heavy atom. The van der Waals surface area contributed by atoms with Gasteiger partial charge in [-0.15, -0.1) is 0 Å². The lowest BCUT2D eigenvalue weighted by Crippen LogP contribution is -2.28. The molecule has 2 aliphatic heterocycles. The van der Waals surface area contributed by atoms with Crippen molar-refractivity contribution in [3.8, 4) is 11.5 Å². The third-order valence-electron chi connectivity index (χ3n) is 4.65. The van der Waals surface area contributed by atoms with Crippen molar-refractivity contribution in [3.05, 3.63) is 89.1 Å². The highest BCUT2D eigenvalue weighted by atomic mass is 32.2. The van der Waals surface area contributed by atoms with E-state index in [0.717, 1.165) is 16.8 Å². The molecule has 0 N–H and O–H groups in total. The van der Waals surface area contributed by atoms with E-state index in [9.17, 15) is 4.79 Å². The van der Waals surface area contributed by atoms with Gasteiger partial charge in [0.1, 0.15) is 0 Å². The number of benzene rings is 2. The normalized spacial score (nSPS) is 17.9. The molecule has 2 aromatic carbocycles. The van der Waals surface area contributed by atoms with Gasteiger partial charge in [-0.3, -0.25) is 14.7 Å². The van der Waals surface area contributed by atoms with E-state index in [4.69, 9.17) is 14.5 Å². The highest BCUT2D eigenvalue weighted by Gasteiger charge is 2.33. The number of ether oxygens (including phenoxy) is 2. The molecule has 0 bridgehead atoms. The minimum absolute atomic E-state index is 0.0795. The number of aliphatic imine (C=N–C) groups is 1. The first kappa shape index (κ1) is 18.4. The number of hydrogen-bond acceptors (Lipinski definition) is 6. The van der Waals surface area contributed by atoms with Crippen LogP contribution in [0.5, 0.6) is 11.5 Å². The van der Waals surface area contributed by atoms with Gasteiger partial charge in [-0.1, -0.05) is 24.3 Å². The topological polar surface area (TPSA) is 64.0 Å². The van der Waals surface area contributed by atoms with Crippen LogP contribution in [0.15, 0.2) is 83.0 Å². The summed E-state index contributed by atoms with van der Waals surface area (Å²) in [6, 6.07) is 19.1. The van der Waals surface area contributed by atoms with Gasteiger partial charge in [0.15, 0.2) is 16.7 Å². The predicted molar refractivity (Wildman–Crippen MR) is 116 cm³/mol. The largest absolute Gasteiger partial charge is 0.454 e. The van der Waals surface area contributed by atoms with Crippen LogP contribution in [0, 0.1) is 0 Å². The summed E-state index contributed by atoms with van der Waals surface area (Å²) >= 11 is 1.37. The van der Waals surface area contributed by atoms with Crippen molar-refractivity contribution in [2.45, 2.75) is 6.54 Å². The standard InChI is InChI=1S/C23H17N3O3S/c27-22-21(13-17-6-7-19-20(12-17)29-15-28-19)30-23(25-18-4-2-1-3-5-18)26(22)14-16-8-10-24-11-9-16/h1-13H,14-15H2/b21-13+,25-23?. The number of rotatable bonds is 4. The van der Waals surface area contributed by atoms with Crippen molar-refractivity contribution in [3.63, 3.8) is 0 Å². The van der Waals surface area contributed by atoms with Crippen LogP contribution in [0.2, 0.25) is 0 Å². The van der Waals surface area contributed by atoms with Crippen LogP contribution in [0.3, 0.4) is 0 Å². The van der Waals surface area contributed by atoms with E-state index < -0.39 is 0 Å². The number of thioether (sulfide) groups is 1. The SMILES string of the molecule is O=C1/C(=C\c2ccc3c(c2)OCO3)SC(=Nc2ccccc2)N1Cc1ccncc1. The van der Waals surface area contributed by atoms with Crippen LogP contribution in [0.25, 0.3) is 6.08 Å². The maximum Gasteiger partial charge on any atom is 0.267 e. The van der Waals surface area contributed by atoms with Crippen LogP contribution < -0.4 is 9.47 Å². The quantitative estimate of drug-likeness (QED) is 0.582. The third-order valence-corrected chi connectivity index (χ3v) is 5.66. The van der Waals surface area contributed by atoms with Crippen molar-refractivity contribution in [2.75, 3.05) is 6.79 Å². The molecule has 1 fully saturated rings. The lowest BCUT2D eigenvalue weighted by Gasteiger charge is -2.15. The first-order chi connectivity index (χ1) is 14.8. The molecular weight excluding hydrogens is 398 g/mol. The molecule has 0 saturated carbocycles. The average molecular weight is 415 g/mol. The lowest BCUT2D eigenvalue weighted by molar-refractivity contribution is -0.122. The fourth-order valence-electron chi connectivity index (χ4n) is 3.17. The molecular formula is C23H17N3O3S. The Labute approximate surface area is 177 Å². The van der Waals surface area contributed by atoms with Gasteiger partial charge in [0.05, 0.1) is 17.1 Å². The first-order valence-corrected chi connectivity index (χ1v) is 10.2. The van der Waals surface area contributed by atoms with Gasteiger partial charge in [-0.05, 0) is 65.4 Å². The Bertz CT molecular complexity index is 1150. The summed E-state index contributed by atoms with van der Waals surface area (Å²) in [6.07, 6.45) is 5.31. The number of nitrogens with zero attached hydrogens (tertiary/aromatic N) is 3. The van der Waals surface area contributed by atoms with Gasteiger partial charge in [0.25, 0.3) is 5.91 Å². The van der Waals surface area contributed by atoms with Crippen molar-refractivity contribution in [2.24, 2.45) is 4.99 Å². The minimum atomic E-state index is -0.0795. The van der Waals surface area contributed by atoms with Crippen LogP contribution in [-0.2, 0) is 11.3 Å². The van der Waals surface area contributed by atoms with Gasteiger partial charge >= 0.3 is 0 Å². The summed E-state index contributed by atoms with van der Waals surface area (Å²) in [5, 5.41) is 0.648. The van der Waals surface area contributed by atoms with Gasteiger partial charge in [0, 0.05) is 12.4 Å². The minimum Gasteiger partial charge on any atom is -0.454 e. The number of amides is 1. The molecule has 0 aliphatic carbocycles. The molecule has 3 aromatic rings. The van der Waals surface area contributed by atoms with E-state index >= 15 is 0 Å². The molecule has 1 amide bonds. The van der Waals surface area contributed by atoms with Gasteiger partial charge in [-0.2, -0.15) is 0 Å². The highest BCUT2D eigenvalue weighted by Crippen LogP contribution is 2.37. The third kappa shape index (κ3) is 3.79. The van der Waals surface area contributed by atoms with Gasteiger partial charge in [0.2, 0.25) is 6.79 Å². The Kier molecular flexibility index (Phi) is 4.94. The number of aromatic nitrogens is 1. The number of fused-ring (bicyclic) bond motifs is 1. The molecule has 1 aromatic heterocycles. The Balaban J connectivity index is 1.49. The van der Waals surface area contributed by atoms with E-state index in [1.165, 1.54) is 11.8 Å². The molecule has 3 heterocycles. The monoisotopic (exact) mass is 415 g/mol. The Morgan fingerprint density at radius 3 is 2.67 bits per heavy atom. The number of pyridine rings is 1. The van der Waals surface area contributed by atoms with Crippen molar-refractivity contribution >= 4 is 34.6 Å². The Morgan fingerprint density at radius 1 is 1.03 bits per heavy atom. The van der Waals surface area contributed by atoms with Gasteiger partial charge in [-0.25, -0.2) is 4.99 Å². The molecule has 148 valence electrons. The molecule has 0 unspecified atom stereocenters. The number of amidine groups is 1. The average Bonchev–Trinajstić information content (AvgIpc) is 3.35. The molecule has 5 rings (SSSR count). The zero-order chi connectivity index (χ0) is 20.3. The lowest BCUT2D eigenvalue weighted by atomic mass is 10.2. The van der Waals surface area contributed by atoms with E-state index in [1.54, 1.807) is 17.3 Å². The summed E-state index contributed by atoms with van der Waals surface area (Å²) in [6.45, 7) is 0.648. The molecule has 0 radical (unpaired) electrons. The number of para-hydroxylation sites is 1. The van der Waals surface area contributed by atoms with Crippen molar-refractivity contribution in [1.82, 2.24) is 9.88 Å². The van der Waals surface area contributed by atoms with E-state index in [2.05, 4.69) is 4.98 Å². The second kappa shape index (κ2) is 8.04. The molecule has 2 aliphatic rings. The van der Waals surface area contributed by atoms with Crippen molar-refractivity contribution in [1.29, 1.82) is 0 Å². The second-order valence-corrected chi connectivity index (χ2v) is 7.71. The number of carbonyl (C=O) groups is 1. The summed E-state index contributed by atoms with van der Waals surface area (Å²) in [5.74, 6) is 1.32. The first-order valence-electron chi connectivity index (χ1n) is 9.40. The summed E-state index contributed by atoms with van der Waals surface area (Å²) in [7, 11) is 0.